The molecule has 0 amide bonds. The van der Waals surface area contributed by atoms with Gasteiger partial charge in [-0.15, -0.1) is 0 Å². The molecule has 22 heavy (non-hydrogen) atoms. The van der Waals surface area contributed by atoms with Gasteiger partial charge in [0, 0.05) is 50.6 Å². The first-order valence-corrected chi connectivity index (χ1v) is 7.41. The molecule has 1 aliphatic rings. The first-order valence-electron chi connectivity index (χ1n) is 7.41. The lowest BCUT2D eigenvalue weighted by Crippen LogP contribution is -2.24. The molecule has 2 unspecified atom stereocenters. The summed E-state index contributed by atoms with van der Waals surface area (Å²) in [6, 6.07) is 4.09. The molecule has 1 aliphatic heterocycles. The fourth-order valence-corrected chi connectivity index (χ4v) is 3.06. The SMILES string of the molecule is CC(=O)OC1CNC(Cc2cn(C(C)=O)c3ncccc23)C1. The Kier molecular flexibility index (Phi) is 3.94. The number of carbonyl (C=O) groups excluding carboxylic acids is 2. The fraction of sp³-hybridized carbons (Fsp3) is 0.438. The predicted octanol–water partition coefficient (Wildman–Crippen LogP) is 1.53. The lowest BCUT2D eigenvalue weighted by Gasteiger charge is -2.10. The number of nitrogens with one attached hydrogen (secondary N) is 1. The number of esters is 1. The molecule has 6 nitrogen and oxygen atoms in total. The van der Waals surface area contributed by atoms with Crippen LogP contribution in [-0.2, 0) is 16.0 Å². The molecular weight excluding hydrogens is 282 g/mol. The topological polar surface area (TPSA) is 73.2 Å². The van der Waals surface area contributed by atoms with Crippen molar-refractivity contribution in [3.05, 3.63) is 30.1 Å². The molecule has 2 aromatic rings. The van der Waals surface area contributed by atoms with Gasteiger partial charge in [-0.05, 0) is 24.1 Å². The number of pyridine rings is 1. The summed E-state index contributed by atoms with van der Waals surface area (Å²) in [5.74, 6) is -0.294. The predicted molar refractivity (Wildman–Crippen MR) is 81.7 cm³/mol. The first kappa shape index (κ1) is 14.7. The minimum absolute atomic E-state index is 0.0490. The molecule has 1 fully saturated rings. The van der Waals surface area contributed by atoms with Crippen molar-refractivity contribution in [2.75, 3.05) is 6.54 Å². The van der Waals surface area contributed by atoms with E-state index in [0.717, 1.165) is 23.8 Å². The van der Waals surface area contributed by atoms with Crippen LogP contribution >= 0.6 is 0 Å². The average molecular weight is 301 g/mol. The van der Waals surface area contributed by atoms with E-state index >= 15 is 0 Å². The quantitative estimate of drug-likeness (QED) is 0.870. The Balaban J connectivity index is 1.80. The zero-order valence-corrected chi connectivity index (χ0v) is 12.7. The van der Waals surface area contributed by atoms with Gasteiger partial charge in [-0.3, -0.25) is 14.2 Å². The van der Waals surface area contributed by atoms with Crippen LogP contribution in [-0.4, -0.2) is 40.1 Å². The molecule has 0 spiro atoms. The minimum Gasteiger partial charge on any atom is -0.461 e. The van der Waals surface area contributed by atoms with Crippen molar-refractivity contribution in [3.63, 3.8) is 0 Å². The molecule has 0 radical (unpaired) electrons. The Bertz CT molecular complexity index is 722. The van der Waals surface area contributed by atoms with E-state index in [2.05, 4.69) is 10.3 Å². The maximum absolute atomic E-state index is 11.7. The maximum atomic E-state index is 11.7. The minimum atomic E-state index is -0.246. The van der Waals surface area contributed by atoms with E-state index in [9.17, 15) is 9.59 Å². The third kappa shape index (κ3) is 2.87. The molecule has 6 heteroatoms. The van der Waals surface area contributed by atoms with E-state index in [4.69, 9.17) is 4.74 Å². The molecule has 0 aliphatic carbocycles. The molecule has 0 saturated carbocycles. The van der Waals surface area contributed by atoms with Crippen molar-refractivity contribution in [1.29, 1.82) is 0 Å². The van der Waals surface area contributed by atoms with Gasteiger partial charge in [0.25, 0.3) is 0 Å². The molecular formula is C16H19N3O3. The second-order valence-electron chi connectivity index (χ2n) is 5.69. The highest BCUT2D eigenvalue weighted by atomic mass is 16.5. The van der Waals surface area contributed by atoms with Crippen LogP contribution in [0.3, 0.4) is 0 Å². The summed E-state index contributed by atoms with van der Waals surface area (Å²) in [6.45, 7) is 3.63. The highest BCUT2D eigenvalue weighted by molar-refractivity contribution is 5.91. The maximum Gasteiger partial charge on any atom is 0.302 e. The third-order valence-electron chi connectivity index (χ3n) is 3.97. The van der Waals surface area contributed by atoms with Crippen LogP contribution in [0.25, 0.3) is 11.0 Å². The van der Waals surface area contributed by atoms with Gasteiger partial charge in [0.1, 0.15) is 11.8 Å². The number of hydrogen-bond donors (Lipinski definition) is 1. The van der Waals surface area contributed by atoms with Crippen molar-refractivity contribution < 1.29 is 14.3 Å². The Morgan fingerprint density at radius 1 is 1.45 bits per heavy atom. The summed E-state index contributed by atoms with van der Waals surface area (Å²) < 4.78 is 6.82. The van der Waals surface area contributed by atoms with Crippen molar-refractivity contribution in [2.24, 2.45) is 0 Å². The van der Waals surface area contributed by atoms with Crippen LogP contribution < -0.4 is 5.32 Å². The Morgan fingerprint density at radius 3 is 3.00 bits per heavy atom. The van der Waals surface area contributed by atoms with Crippen molar-refractivity contribution in [3.8, 4) is 0 Å². The second kappa shape index (κ2) is 5.88. The Hall–Kier alpha value is -2.21. The Morgan fingerprint density at radius 2 is 2.27 bits per heavy atom. The van der Waals surface area contributed by atoms with Gasteiger partial charge in [-0.2, -0.15) is 0 Å². The van der Waals surface area contributed by atoms with Crippen LogP contribution in [0.2, 0.25) is 0 Å². The molecule has 116 valence electrons. The lowest BCUT2D eigenvalue weighted by molar-refractivity contribution is -0.145. The van der Waals surface area contributed by atoms with E-state index in [-0.39, 0.29) is 24.0 Å². The summed E-state index contributed by atoms with van der Waals surface area (Å²) in [7, 11) is 0. The summed E-state index contributed by atoms with van der Waals surface area (Å²) >= 11 is 0. The van der Waals surface area contributed by atoms with Crippen molar-refractivity contribution in [2.45, 2.75) is 38.8 Å². The molecule has 0 aromatic carbocycles. The molecule has 1 saturated heterocycles. The fourth-order valence-electron chi connectivity index (χ4n) is 3.06. The lowest BCUT2D eigenvalue weighted by atomic mass is 10.0. The normalized spacial score (nSPS) is 21.2. The van der Waals surface area contributed by atoms with E-state index < -0.39 is 0 Å². The smallest absolute Gasteiger partial charge is 0.302 e. The molecule has 1 N–H and O–H groups in total. The molecule has 2 aromatic heterocycles. The van der Waals surface area contributed by atoms with Crippen molar-refractivity contribution >= 4 is 22.9 Å². The van der Waals surface area contributed by atoms with E-state index in [1.165, 1.54) is 13.8 Å². The van der Waals surface area contributed by atoms with Gasteiger partial charge >= 0.3 is 5.97 Å². The standard InChI is InChI=1S/C16H19N3O3/c1-10(20)19-9-12(15-4-3-5-17-16(15)19)6-13-7-14(8-18-13)22-11(2)21/h3-5,9,13-14,18H,6-8H2,1-2H3. The Labute approximate surface area is 128 Å². The summed E-state index contributed by atoms with van der Waals surface area (Å²) in [5, 5.41) is 4.37. The van der Waals surface area contributed by atoms with Gasteiger partial charge in [0.05, 0.1) is 0 Å². The van der Waals surface area contributed by atoms with Crippen LogP contribution in [0.4, 0.5) is 0 Å². The highest BCUT2D eigenvalue weighted by Gasteiger charge is 2.27. The van der Waals surface area contributed by atoms with Crippen LogP contribution in [0, 0.1) is 0 Å². The largest absolute Gasteiger partial charge is 0.461 e. The zero-order chi connectivity index (χ0) is 15.7. The van der Waals surface area contributed by atoms with E-state index in [1.54, 1.807) is 10.8 Å². The highest BCUT2D eigenvalue weighted by Crippen LogP contribution is 2.23. The molecule has 3 heterocycles. The average Bonchev–Trinajstić information content (AvgIpc) is 3.04. The van der Waals surface area contributed by atoms with E-state index in [0.29, 0.717) is 12.2 Å². The summed E-state index contributed by atoms with van der Waals surface area (Å²) in [4.78, 5) is 27.1. The van der Waals surface area contributed by atoms with E-state index in [1.807, 2.05) is 18.3 Å². The number of carbonyl (C=O) groups is 2. The summed E-state index contributed by atoms with van der Waals surface area (Å²) in [6.07, 6.45) is 5.05. The van der Waals surface area contributed by atoms with Gasteiger partial charge < -0.3 is 10.1 Å². The second-order valence-corrected chi connectivity index (χ2v) is 5.69. The molecule has 3 rings (SSSR count). The number of nitrogens with zero attached hydrogens (tertiary/aromatic N) is 2. The van der Waals surface area contributed by atoms with Crippen molar-refractivity contribution in [1.82, 2.24) is 14.9 Å². The molecule has 2 atom stereocenters. The van der Waals surface area contributed by atoms with Crippen LogP contribution in [0.15, 0.2) is 24.5 Å². The summed E-state index contributed by atoms with van der Waals surface area (Å²) in [5.41, 5.74) is 1.78. The van der Waals surface area contributed by atoms with Gasteiger partial charge in [-0.1, -0.05) is 0 Å². The molecule has 0 bridgehead atoms. The van der Waals surface area contributed by atoms with Gasteiger partial charge in [-0.25, -0.2) is 4.98 Å². The van der Waals surface area contributed by atoms with Crippen LogP contribution in [0.5, 0.6) is 0 Å². The number of aromatic nitrogens is 2. The monoisotopic (exact) mass is 301 g/mol. The van der Waals surface area contributed by atoms with Crippen LogP contribution in [0.1, 0.15) is 30.6 Å². The number of fused-ring (bicyclic) bond motifs is 1. The number of rotatable bonds is 3. The first-order chi connectivity index (χ1) is 10.5. The van der Waals surface area contributed by atoms with Gasteiger partial charge in [0.2, 0.25) is 5.91 Å². The zero-order valence-electron chi connectivity index (χ0n) is 12.7. The third-order valence-corrected chi connectivity index (χ3v) is 3.97. The number of hydrogen-bond acceptors (Lipinski definition) is 5. The van der Waals surface area contributed by atoms with Gasteiger partial charge in [0.15, 0.2) is 0 Å². The number of ether oxygens (including phenoxy) is 1.